The van der Waals surface area contributed by atoms with E-state index < -0.39 is 17.2 Å². The van der Waals surface area contributed by atoms with Crippen LogP contribution in [0.4, 0.5) is 11.5 Å². The molecule has 0 unspecified atom stereocenters. The van der Waals surface area contributed by atoms with Crippen LogP contribution < -0.4 is 27.2 Å². The van der Waals surface area contributed by atoms with E-state index in [1.54, 1.807) is 16.2 Å². The van der Waals surface area contributed by atoms with Crippen molar-refractivity contribution in [3.05, 3.63) is 43.2 Å². The Hall–Kier alpha value is -2.96. The summed E-state index contributed by atoms with van der Waals surface area (Å²) in [7, 11) is 1.48. The van der Waals surface area contributed by atoms with Crippen LogP contribution in [0.5, 0.6) is 0 Å². The number of aromatic nitrogens is 2. The number of nitrogens with zero attached hydrogens (tertiary/aromatic N) is 3. The van der Waals surface area contributed by atoms with Crippen molar-refractivity contribution in [2.45, 2.75) is 33.9 Å². The summed E-state index contributed by atoms with van der Waals surface area (Å²) in [6.07, 6.45) is 0. The number of aromatic amines is 1. The lowest BCUT2D eigenvalue weighted by Gasteiger charge is -2.27. The molecule has 12 heteroatoms. The molecule has 0 bridgehead atoms. The van der Waals surface area contributed by atoms with Gasteiger partial charge in [0.05, 0.1) is 26.2 Å². The van der Waals surface area contributed by atoms with Crippen molar-refractivity contribution in [2.75, 3.05) is 50.5 Å². The number of thiophene rings is 1. The maximum Gasteiger partial charge on any atom is 0.330 e. The van der Waals surface area contributed by atoms with Crippen molar-refractivity contribution in [1.82, 2.24) is 19.8 Å². The summed E-state index contributed by atoms with van der Waals surface area (Å²) in [5.41, 5.74) is 4.73. The lowest BCUT2D eigenvalue weighted by atomic mass is 10.2. The van der Waals surface area contributed by atoms with Crippen LogP contribution in [0, 0.1) is 5.92 Å². The van der Waals surface area contributed by atoms with Gasteiger partial charge in [0.1, 0.15) is 5.82 Å². The van der Waals surface area contributed by atoms with Gasteiger partial charge in [-0.1, -0.05) is 26.8 Å². The molecule has 4 N–H and O–H groups in total. The fraction of sp³-hybridized carbons (Fsp3) is 0.545. The fourth-order valence-electron chi connectivity index (χ4n) is 3.34. The number of nitrogens with two attached hydrogens (primary N) is 1. The minimum absolute atomic E-state index is 0.0183. The van der Waals surface area contributed by atoms with Crippen molar-refractivity contribution in [1.29, 1.82) is 0 Å². The highest BCUT2D eigenvalue weighted by molar-refractivity contribution is 7.09. The SMILES string of the molecule is CCN(CC(=O)NCc1cccs1)CC(=O)N(CCOC)c1c(N)n(CC(C)C)c(=O)[nH]c1=O. The highest BCUT2D eigenvalue weighted by Gasteiger charge is 2.26. The third-order valence-electron chi connectivity index (χ3n) is 5.07. The molecule has 0 radical (unpaired) electrons. The number of nitrogen functional groups attached to an aromatic ring is 1. The van der Waals surface area contributed by atoms with Crippen LogP contribution in [0.3, 0.4) is 0 Å². The molecule has 2 rings (SSSR count). The van der Waals surface area contributed by atoms with Crippen LogP contribution in [0.25, 0.3) is 0 Å². The highest BCUT2D eigenvalue weighted by Crippen LogP contribution is 2.18. The van der Waals surface area contributed by atoms with Gasteiger partial charge >= 0.3 is 5.69 Å². The zero-order valence-electron chi connectivity index (χ0n) is 20.1. The van der Waals surface area contributed by atoms with Crippen molar-refractivity contribution in [3.8, 4) is 0 Å². The van der Waals surface area contributed by atoms with Crippen molar-refractivity contribution < 1.29 is 14.3 Å². The minimum atomic E-state index is -0.747. The minimum Gasteiger partial charge on any atom is -0.383 e. The molecule has 0 aliphatic rings. The highest BCUT2D eigenvalue weighted by atomic mass is 32.1. The van der Waals surface area contributed by atoms with E-state index in [2.05, 4.69) is 10.3 Å². The van der Waals surface area contributed by atoms with Gasteiger partial charge < -0.3 is 20.7 Å². The topological polar surface area (TPSA) is 143 Å². The smallest absolute Gasteiger partial charge is 0.330 e. The molecule has 2 aromatic rings. The van der Waals surface area contributed by atoms with Gasteiger partial charge in [-0.3, -0.25) is 28.8 Å². The number of H-pyrrole nitrogens is 1. The molecule has 0 aliphatic heterocycles. The van der Waals surface area contributed by atoms with Gasteiger partial charge in [-0.2, -0.15) is 0 Å². The summed E-state index contributed by atoms with van der Waals surface area (Å²) in [6.45, 7) is 6.92. The van der Waals surface area contributed by atoms with E-state index >= 15 is 0 Å². The lowest BCUT2D eigenvalue weighted by molar-refractivity contribution is -0.124. The van der Waals surface area contributed by atoms with Gasteiger partial charge in [0.2, 0.25) is 11.8 Å². The van der Waals surface area contributed by atoms with E-state index in [-0.39, 0.29) is 56.1 Å². The Labute approximate surface area is 202 Å². The lowest BCUT2D eigenvalue weighted by Crippen LogP contribution is -2.48. The van der Waals surface area contributed by atoms with Crippen molar-refractivity contribution in [2.24, 2.45) is 5.92 Å². The van der Waals surface area contributed by atoms with Crippen LogP contribution in [0.15, 0.2) is 27.1 Å². The first kappa shape index (κ1) is 27.3. The van der Waals surface area contributed by atoms with Gasteiger partial charge in [-0.25, -0.2) is 4.79 Å². The standard InChI is InChI=1S/C22H34N6O5S/c1-5-26(13-17(29)24-11-16-7-6-10-34-16)14-18(30)27(8-9-33-4)19-20(23)28(12-15(2)3)22(32)25-21(19)31/h6-7,10,15H,5,8-9,11-14,23H2,1-4H3,(H,24,29)(H,25,31,32). The molecule has 2 heterocycles. The quantitative estimate of drug-likeness (QED) is 0.367. The van der Waals surface area contributed by atoms with Crippen LogP contribution in [-0.4, -0.2) is 66.2 Å². The normalized spacial score (nSPS) is 11.2. The first-order chi connectivity index (χ1) is 16.2. The van der Waals surface area contributed by atoms with Gasteiger partial charge in [0.15, 0.2) is 5.69 Å². The summed E-state index contributed by atoms with van der Waals surface area (Å²) in [4.78, 5) is 56.8. The van der Waals surface area contributed by atoms with E-state index in [4.69, 9.17) is 10.5 Å². The second kappa shape index (κ2) is 13.1. The number of hydrogen-bond donors (Lipinski definition) is 3. The second-order valence-corrected chi connectivity index (χ2v) is 9.23. The van der Waals surface area contributed by atoms with Crippen LogP contribution in [0.2, 0.25) is 0 Å². The second-order valence-electron chi connectivity index (χ2n) is 8.20. The number of methoxy groups -OCH3 is 1. The molecule has 0 atom stereocenters. The van der Waals surface area contributed by atoms with E-state index in [1.807, 2.05) is 38.3 Å². The predicted octanol–water partition coefficient (Wildman–Crippen LogP) is 0.454. The maximum atomic E-state index is 13.3. The molecular weight excluding hydrogens is 460 g/mol. The molecule has 0 aliphatic carbocycles. The molecule has 0 saturated carbocycles. The zero-order chi connectivity index (χ0) is 25.3. The van der Waals surface area contributed by atoms with Gasteiger partial charge in [0.25, 0.3) is 5.56 Å². The average Bonchev–Trinajstić information content (AvgIpc) is 3.30. The number of nitrogens with one attached hydrogen (secondary N) is 2. The van der Waals surface area contributed by atoms with Gasteiger partial charge in [-0.05, 0) is 23.9 Å². The molecule has 11 nitrogen and oxygen atoms in total. The monoisotopic (exact) mass is 494 g/mol. The van der Waals surface area contributed by atoms with Crippen LogP contribution >= 0.6 is 11.3 Å². The molecule has 2 aromatic heterocycles. The number of rotatable bonds is 13. The predicted molar refractivity (Wildman–Crippen MR) is 133 cm³/mol. The first-order valence-corrected chi connectivity index (χ1v) is 12.0. The summed E-state index contributed by atoms with van der Waals surface area (Å²) in [6, 6.07) is 3.84. The van der Waals surface area contributed by atoms with Gasteiger partial charge in [0, 0.05) is 25.1 Å². The Balaban J connectivity index is 2.22. The van der Waals surface area contributed by atoms with E-state index in [0.29, 0.717) is 13.1 Å². The molecule has 2 amide bonds. The van der Waals surface area contributed by atoms with E-state index in [9.17, 15) is 19.2 Å². The van der Waals surface area contributed by atoms with Gasteiger partial charge in [-0.15, -0.1) is 11.3 Å². The number of anilines is 2. The largest absolute Gasteiger partial charge is 0.383 e. The Morgan fingerprint density at radius 2 is 2.03 bits per heavy atom. The molecule has 0 fully saturated rings. The molecule has 34 heavy (non-hydrogen) atoms. The number of ether oxygens (including phenoxy) is 1. The average molecular weight is 495 g/mol. The molecule has 0 spiro atoms. The van der Waals surface area contributed by atoms with Crippen molar-refractivity contribution in [3.63, 3.8) is 0 Å². The summed E-state index contributed by atoms with van der Waals surface area (Å²) < 4.78 is 6.37. The van der Waals surface area contributed by atoms with E-state index in [0.717, 1.165) is 4.88 Å². The molecule has 188 valence electrons. The maximum absolute atomic E-state index is 13.3. The Kier molecular flexibility index (Phi) is 10.5. The number of carbonyl (C=O) groups is 2. The number of amides is 2. The molecule has 0 aromatic carbocycles. The Morgan fingerprint density at radius 3 is 2.62 bits per heavy atom. The molecular formula is C22H34N6O5S. The van der Waals surface area contributed by atoms with E-state index in [1.165, 1.54) is 16.6 Å². The molecule has 0 saturated heterocycles. The zero-order valence-corrected chi connectivity index (χ0v) is 20.9. The Bertz CT molecular complexity index is 1060. The summed E-state index contributed by atoms with van der Waals surface area (Å²) in [5.74, 6) is -0.639. The fourth-order valence-corrected chi connectivity index (χ4v) is 3.99. The number of likely N-dealkylation sites (N-methyl/N-ethyl adjacent to an activating group) is 1. The summed E-state index contributed by atoms with van der Waals surface area (Å²) >= 11 is 1.55. The number of hydrogen-bond acceptors (Lipinski definition) is 8. The summed E-state index contributed by atoms with van der Waals surface area (Å²) in [5, 5.41) is 4.78. The van der Waals surface area contributed by atoms with Crippen molar-refractivity contribution >= 4 is 34.7 Å². The third-order valence-corrected chi connectivity index (χ3v) is 5.94. The van der Waals surface area contributed by atoms with Crippen LogP contribution in [0.1, 0.15) is 25.6 Å². The number of carbonyl (C=O) groups excluding carboxylic acids is 2. The van der Waals surface area contributed by atoms with Crippen LogP contribution in [-0.2, 0) is 27.4 Å². The first-order valence-electron chi connectivity index (χ1n) is 11.1. The third kappa shape index (κ3) is 7.54. The Morgan fingerprint density at radius 1 is 1.29 bits per heavy atom.